The summed E-state index contributed by atoms with van der Waals surface area (Å²) < 4.78 is 9.25. The molecule has 0 bridgehead atoms. The number of hydrogen-bond donors (Lipinski definition) is 0. The maximum Gasteiger partial charge on any atom is 0.247 e. The zero-order valence-electron chi connectivity index (χ0n) is 4.60. The molecule has 0 aromatic rings. The summed E-state index contributed by atoms with van der Waals surface area (Å²) in [6.45, 7) is 3.42. The van der Waals surface area contributed by atoms with Crippen molar-refractivity contribution >= 4 is 0 Å². The maximum atomic E-state index is 4.62. The largest absolute Gasteiger partial charge is 0.345 e. The van der Waals surface area contributed by atoms with E-state index in [0.29, 0.717) is 6.29 Å². The van der Waals surface area contributed by atoms with Gasteiger partial charge in [-0.25, -0.2) is 0 Å². The minimum atomic E-state index is 0.444. The lowest BCUT2D eigenvalue weighted by Gasteiger charge is -2.02. The molecule has 0 atom stereocenters. The van der Waals surface area contributed by atoms with Crippen LogP contribution in [0.3, 0.4) is 0 Å². The fourth-order valence-corrected chi connectivity index (χ4v) is 0.250. The van der Waals surface area contributed by atoms with E-state index in [4.69, 9.17) is 0 Å². The molecule has 2 heteroatoms. The Balaban J connectivity index is 3.16. The molecule has 0 amide bonds. The summed E-state index contributed by atoms with van der Waals surface area (Å²) in [5.74, 6) is 0. The first-order valence-electron chi connectivity index (χ1n) is 1.92. The molecule has 0 saturated heterocycles. The van der Waals surface area contributed by atoms with Gasteiger partial charge in [-0.05, 0) is 6.08 Å². The summed E-state index contributed by atoms with van der Waals surface area (Å²) in [7, 11) is 3.06. The van der Waals surface area contributed by atoms with Crippen LogP contribution in [0.1, 0.15) is 0 Å². The monoisotopic (exact) mass is 101 g/mol. The third kappa shape index (κ3) is 2.37. The normalized spacial score (nSPS) is 9.57. The second-order valence-electron chi connectivity index (χ2n) is 0.931. The van der Waals surface area contributed by atoms with Gasteiger partial charge in [0.05, 0.1) is 0 Å². The van der Waals surface area contributed by atoms with E-state index < -0.39 is 0 Å². The first-order chi connectivity index (χ1) is 3.35. The molecule has 41 valence electrons. The van der Waals surface area contributed by atoms with Crippen LogP contribution in [0.15, 0.2) is 12.7 Å². The maximum absolute atomic E-state index is 4.62. The highest BCUT2D eigenvalue weighted by atomic mass is 16.7. The van der Waals surface area contributed by atoms with Crippen molar-refractivity contribution in [2.75, 3.05) is 14.2 Å². The number of methoxy groups -OCH3 is 2. The predicted octanol–water partition coefficient (Wildman–Crippen LogP) is 0.955. The van der Waals surface area contributed by atoms with Crippen LogP contribution in [-0.2, 0) is 9.47 Å². The Morgan fingerprint density at radius 2 is 1.86 bits per heavy atom. The Morgan fingerprint density at radius 1 is 1.43 bits per heavy atom. The third-order valence-corrected chi connectivity index (χ3v) is 0.569. The molecular formula is C5H9O2. The fourth-order valence-electron chi connectivity index (χ4n) is 0.250. The van der Waals surface area contributed by atoms with Crippen molar-refractivity contribution in [3.63, 3.8) is 0 Å². The van der Waals surface area contributed by atoms with Crippen molar-refractivity contribution in [2.45, 2.75) is 0 Å². The quantitative estimate of drug-likeness (QED) is 0.527. The molecule has 0 fully saturated rings. The first kappa shape index (κ1) is 6.66. The Labute approximate surface area is 43.7 Å². The SMILES string of the molecule is C=C[C](OC)OC. The molecule has 7 heavy (non-hydrogen) atoms. The second kappa shape index (κ2) is 3.84. The second-order valence-corrected chi connectivity index (χ2v) is 0.931. The topological polar surface area (TPSA) is 18.5 Å². The fraction of sp³-hybridized carbons (Fsp3) is 0.400. The smallest absolute Gasteiger partial charge is 0.247 e. The van der Waals surface area contributed by atoms with E-state index in [0.717, 1.165) is 0 Å². The third-order valence-electron chi connectivity index (χ3n) is 0.569. The molecule has 0 aliphatic carbocycles. The zero-order valence-corrected chi connectivity index (χ0v) is 4.60. The van der Waals surface area contributed by atoms with E-state index >= 15 is 0 Å². The van der Waals surface area contributed by atoms with Crippen LogP contribution < -0.4 is 0 Å². The van der Waals surface area contributed by atoms with Crippen LogP contribution in [-0.4, -0.2) is 14.2 Å². The van der Waals surface area contributed by atoms with Gasteiger partial charge in [0.2, 0.25) is 6.29 Å². The van der Waals surface area contributed by atoms with Crippen LogP contribution in [0.5, 0.6) is 0 Å². The number of hydrogen-bond acceptors (Lipinski definition) is 2. The minimum Gasteiger partial charge on any atom is -0.345 e. The van der Waals surface area contributed by atoms with Crippen molar-refractivity contribution in [1.82, 2.24) is 0 Å². The molecule has 0 unspecified atom stereocenters. The lowest BCUT2D eigenvalue weighted by molar-refractivity contribution is 0.0318. The van der Waals surface area contributed by atoms with Gasteiger partial charge in [0.15, 0.2) is 0 Å². The van der Waals surface area contributed by atoms with E-state index in [2.05, 4.69) is 16.1 Å². The highest BCUT2D eigenvalue weighted by molar-refractivity contribution is 4.87. The predicted molar refractivity (Wildman–Crippen MR) is 27.5 cm³/mol. The van der Waals surface area contributed by atoms with Gasteiger partial charge in [-0.2, -0.15) is 0 Å². The van der Waals surface area contributed by atoms with Crippen molar-refractivity contribution in [1.29, 1.82) is 0 Å². The van der Waals surface area contributed by atoms with Gasteiger partial charge in [0.1, 0.15) is 0 Å². The molecule has 0 aromatic carbocycles. The highest BCUT2D eigenvalue weighted by Crippen LogP contribution is 1.98. The van der Waals surface area contributed by atoms with Crippen LogP contribution >= 0.6 is 0 Å². The van der Waals surface area contributed by atoms with Gasteiger partial charge in [-0.3, -0.25) is 0 Å². The Bertz CT molecular complexity index is 48.0. The molecule has 0 spiro atoms. The summed E-state index contributed by atoms with van der Waals surface area (Å²) in [5, 5.41) is 0. The highest BCUT2D eigenvalue weighted by Gasteiger charge is 1.95. The van der Waals surface area contributed by atoms with Gasteiger partial charge >= 0.3 is 0 Å². The molecule has 0 saturated carbocycles. The van der Waals surface area contributed by atoms with E-state index in [1.54, 1.807) is 0 Å². The molecular weight excluding hydrogens is 92.1 g/mol. The first-order valence-corrected chi connectivity index (χ1v) is 1.92. The summed E-state index contributed by atoms with van der Waals surface area (Å²) in [6, 6.07) is 0. The lowest BCUT2D eigenvalue weighted by atomic mass is 10.6. The van der Waals surface area contributed by atoms with Gasteiger partial charge in [-0.15, -0.1) is 0 Å². The van der Waals surface area contributed by atoms with Crippen LogP contribution in [0.25, 0.3) is 0 Å². The summed E-state index contributed by atoms with van der Waals surface area (Å²) >= 11 is 0. The Hall–Kier alpha value is -0.340. The van der Waals surface area contributed by atoms with E-state index in [9.17, 15) is 0 Å². The van der Waals surface area contributed by atoms with Crippen molar-refractivity contribution in [3.8, 4) is 0 Å². The summed E-state index contributed by atoms with van der Waals surface area (Å²) in [5.41, 5.74) is 0. The Kier molecular flexibility index (Phi) is 3.65. The molecule has 0 aliphatic heterocycles. The molecule has 0 aromatic heterocycles. The van der Waals surface area contributed by atoms with Crippen LogP contribution in [0, 0.1) is 6.29 Å². The summed E-state index contributed by atoms with van der Waals surface area (Å²) in [4.78, 5) is 0. The summed E-state index contributed by atoms with van der Waals surface area (Å²) in [6.07, 6.45) is 1.94. The minimum absolute atomic E-state index is 0.444. The molecule has 0 rings (SSSR count). The van der Waals surface area contributed by atoms with E-state index in [1.165, 1.54) is 20.3 Å². The van der Waals surface area contributed by atoms with Crippen molar-refractivity contribution in [2.24, 2.45) is 0 Å². The standard InChI is InChI=1S/C5H9O2/c1-4-5(6-2)7-3/h4H,1H2,2-3H3. The van der Waals surface area contributed by atoms with Gasteiger partial charge < -0.3 is 9.47 Å². The molecule has 0 aliphatic rings. The Morgan fingerprint density at radius 3 is 1.86 bits per heavy atom. The van der Waals surface area contributed by atoms with E-state index in [-0.39, 0.29) is 0 Å². The zero-order chi connectivity index (χ0) is 5.70. The van der Waals surface area contributed by atoms with E-state index in [1.807, 2.05) is 0 Å². The van der Waals surface area contributed by atoms with Gasteiger partial charge in [-0.1, -0.05) is 6.58 Å². The van der Waals surface area contributed by atoms with Crippen molar-refractivity contribution in [3.05, 3.63) is 18.9 Å². The van der Waals surface area contributed by atoms with Crippen molar-refractivity contribution < 1.29 is 9.47 Å². The van der Waals surface area contributed by atoms with Crippen LogP contribution in [0.4, 0.5) is 0 Å². The van der Waals surface area contributed by atoms with Gasteiger partial charge in [0.25, 0.3) is 0 Å². The molecule has 1 radical (unpaired) electrons. The molecule has 2 nitrogen and oxygen atoms in total. The van der Waals surface area contributed by atoms with Crippen LogP contribution in [0.2, 0.25) is 0 Å². The molecule has 0 N–H and O–H groups in total. The average molecular weight is 101 g/mol. The number of rotatable bonds is 3. The average Bonchev–Trinajstić information content (AvgIpc) is 1.72. The van der Waals surface area contributed by atoms with Gasteiger partial charge in [0, 0.05) is 14.2 Å². The number of ether oxygens (including phenoxy) is 2. The lowest BCUT2D eigenvalue weighted by Crippen LogP contribution is -1.96. The molecule has 0 heterocycles.